The summed E-state index contributed by atoms with van der Waals surface area (Å²) in [5.41, 5.74) is 0.0144. The van der Waals surface area contributed by atoms with E-state index in [4.69, 9.17) is 5.41 Å². The molecule has 1 unspecified atom stereocenters. The van der Waals surface area contributed by atoms with E-state index in [9.17, 15) is 4.39 Å². The first kappa shape index (κ1) is 18.8. The monoisotopic (exact) mass is 395 g/mol. The summed E-state index contributed by atoms with van der Waals surface area (Å²) in [7, 11) is 1.52. The molecule has 146 valence electrons. The minimum absolute atomic E-state index is 0.206. The van der Waals surface area contributed by atoms with E-state index >= 15 is 8.78 Å². The molecule has 4 rings (SSSR count). The molecule has 1 atom stereocenters. The fraction of sp³-hybridized carbons (Fsp3) is 0.143. The number of nitrogens with one attached hydrogen (secondary N) is 1. The van der Waals surface area contributed by atoms with Crippen molar-refractivity contribution in [2.45, 2.75) is 11.8 Å². The maximum atomic E-state index is 15.4. The highest BCUT2D eigenvalue weighted by Crippen LogP contribution is 2.37. The lowest BCUT2D eigenvalue weighted by Gasteiger charge is -2.18. The van der Waals surface area contributed by atoms with E-state index in [1.165, 1.54) is 43.7 Å². The van der Waals surface area contributed by atoms with Gasteiger partial charge in [-0.3, -0.25) is 14.4 Å². The number of pyridine rings is 2. The molecule has 1 N–H and O–H groups in total. The smallest absolute Gasteiger partial charge is 0.312 e. The molecule has 0 bridgehead atoms. The Morgan fingerprint density at radius 1 is 1.21 bits per heavy atom. The lowest BCUT2D eigenvalue weighted by Crippen LogP contribution is -2.18. The van der Waals surface area contributed by atoms with Crippen LogP contribution in [0.1, 0.15) is 22.7 Å². The zero-order valence-corrected chi connectivity index (χ0v) is 15.4. The number of nitrogens with zero attached hydrogens (tertiary/aromatic N) is 4. The van der Waals surface area contributed by atoms with Gasteiger partial charge in [-0.25, -0.2) is 9.37 Å². The van der Waals surface area contributed by atoms with Gasteiger partial charge in [0.1, 0.15) is 5.69 Å². The molecule has 0 aliphatic rings. The van der Waals surface area contributed by atoms with Crippen molar-refractivity contribution in [1.29, 1.82) is 5.41 Å². The van der Waals surface area contributed by atoms with Crippen LogP contribution >= 0.6 is 0 Å². The van der Waals surface area contributed by atoms with Gasteiger partial charge in [-0.1, -0.05) is 12.1 Å². The molecule has 0 radical (unpaired) electrons. The molecule has 0 aliphatic heterocycles. The number of hydrogen-bond acceptors (Lipinski definition) is 4. The minimum atomic E-state index is -3.42. The quantitative estimate of drug-likeness (QED) is 0.502. The van der Waals surface area contributed by atoms with Crippen molar-refractivity contribution in [3.63, 3.8) is 0 Å². The molecule has 5 nitrogen and oxygen atoms in total. The van der Waals surface area contributed by atoms with E-state index < -0.39 is 23.4 Å². The molecular weight excluding hydrogens is 379 g/mol. The van der Waals surface area contributed by atoms with Gasteiger partial charge in [-0.15, -0.1) is 0 Å². The highest BCUT2D eigenvalue weighted by atomic mass is 19.3. The van der Waals surface area contributed by atoms with Crippen molar-refractivity contribution in [2.24, 2.45) is 4.99 Å². The highest BCUT2D eigenvalue weighted by Gasteiger charge is 2.38. The summed E-state index contributed by atoms with van der Waals surface area (Å²) in [5, 5.41) is 8.09. The Hall–Kier alpha value is -3.55. The van der Waals surface area contributed by atoms with Gasteiger partial charge in [0.15, 0.2) is 11.5 Å². The van der Waals surface area contributed by atoms with Crippen molar-refractivity contribution in [3.8, 4) is 0 Å². The number of aromatic nitrogens is 3. The Morgan fingerprint density at radius 2 is 2.03 bits per heavy atom. The zero-order chi connectivity index (χ0) is 20.6. The van der Waals surface area contributed by atoms with Gasteiger partial charge in [0, 0.05) is 42.8 Å². The maximum Gasteiger partial charge on any atom is 0.314 e. The minimum Gasteiger partial charge on any atom is -0.312 e. The molecule has 0 saturated carbocycles. The summed E-state index contributed by atoms with van der Waals surface area (Å²) in [6.07, 6.45) is 6.45. The molecule has 0 spiro atoms. The number of imidazole rings is 1. The second kappa shape index (κ2) is 7.12. The Morgan fingerprint density at radius 3 is 2.79 bits per heavy atom. The van der Waals surface area contributed by atoms with Crippen molar-refractivity contribution in [3.05, 3.63) is 77.6 Å². The lowest BCUT2D eigenvalue weighted by atomic mass is 10.0. The first-order valence-corrected chi connectivity index (χ1v) is 8.78. The van der Waals surface area contributed by atoms with E-state index in [2.05, 4.69) is 15.0 Å². The van der Waals surface area contributed by atoms with Crippen LogP contribution in [-0.4, -0.2) is 33.8 Å². The molecule has 29 heavy (non-hydrogen) atoms. The Balaban J connectivity index is 1.89. The number of alkyl halides is 2. The fourth-order valence-corrected chi connectivity index (χ4v) is 3.28. The predicted octanol–water partition coefficient (Wildman–Crippen LogP) is 4.60. The number of aliphatic imine (C=N–C) groups is 1. The van der Waals surface area contributed by atoms with Crippen LogP contribution in [-0.2, 0) is 5.92 Å². The van der Waals surface area contributed by atoms with Gasteiger partial charge in [0.05, 0.1) is 17.6 Å². The van der Waals surface area contributed by atoms with Crippen LogP contribution in [0.5, 0.6) is 0 Å². The predicted molar refractivity (Wildman–Crippen MR) is 106 cm³/mol. The van der Waals surface area contributed by atoms with Crippen LogP contribution in [0.3, 0.4) is 0 Å². The van der Waals surface area contributed by atoms with E-state index in [1.807, 2.05) is 0 Å². The van der Waals surface area contributed by atoms with Gasteiger partial charge < -0.3 is 5.41 Å². The van der Waals surface area contributed by atoms with Crippen LogP contribution in [0.25, 0.3) is 16.6 Å². The Bertz CT molecular complexity index is 1250. The standard InChI is InChI=1S/C21H16F3N5/c1-26-10-15(9-25)14-8-17(22)20-28-11-19(29(20)12-14)21(23,24)16-4-5-18-13(7-16)3-2-6-27-18/h2-12,15,25H,1H3. The topological polar surface area (TPSA) is 66.4 Å². The Labute approximate surface area is 164 Å². The molecule has 3 aromatic heterocycles. The average molecular weight is 395 g/mol. The van der Waals surface area contributed by atoms with Crippen LogP contribution in [0.4, 0.5) is 13.2 Å². The van der Waals surface area contributed by atoms with Crippen molar-refractivity contribution < 1.29 is 13.2 Å². The second-order valence-corrected chi connectivity index (χ2v) is 6.54. The maximum absolute atomic E-state index is 15.4. The first-order chi connectivity index (χ1) is 14.0. The Kier molecular flexibility index (Phi) is 4.62. The van der Waals surface area contributed by atoms with E-state index in [0.29, 0.717) is 16.5 Å². The molecule has 0 amide bonds. The SMILES string of the molecule is CN=CC(C=N)c1cc(F)c2ncc(C(F)(F)c3ccc4ncccc4c3)n2c1. The van der Waals surface area contributed by atoms with Crippen molar-refractivity contribution in [2.75, 3.05) is 7.05 Å². The molecule has 8 heteroatoms. The highest BCUT2D eigenvalue weighted by molar-refractivity contribution is 5.89. The lowest BCUT2D eigenvalue weighted by molar-refractivity contribution is 0.0372. The van der Waals surface area contributed by atoms with E-state index in [-0.39, 0.29) is 11.2 Å². The summed E-state index contributed by atoms with van der Waals surface area (Å²) in [6.45, 7) is 0. The first-order valence-electron chi connectivity index (χ1n) is 8.78. The van der Waals surface area contributed by atoms with Crippen LogP contribution in [0.2, 0.25) is 0 Å². The number of benzene rings is 1. The molecule has 3 heterocycles. The molecular formula is C21H16F3N5. The average Bonchev–Trinajstić information content (AvgIpc) is 3.17. The summed E-state index contributed by atoms with van der Waals surface area (Å²) in [5.74, 6) is -4.80. The zero-order valence-electron chi connectivity index (χ0n) is 15.4. The van der Waals surface area contributed by atoms with Crippen LogP contribution in [0.15, 0.2) is 60.0 Å². The third kappa shape index (κ3) is 3.16. The number of rotatable bonds is 5. The number of hydrogen-bond donors (Lipinski definition) is 1. The van der Waals surface area contributed by atoms with Crippen molar-refractivity contribution >= 4 is 29.0 Å². The fourth-order valence-electron chi connectivity index (χ4n) is 3.28. The summed E-state index contributed by atoms with van der Waals surface area (Å²) in [6, 6.07) is 8.75. The van der Waals surface area contributed by atoms with Gasteiger partial charge in [0.25, 0.3) is 0 Å². The van der Waals surface area contributed by atoms with Crippen molar-refractivity contribution in [1.82, 2.24) is 14.4 Å². The third-order valence-electron chi connectivity index (χ3n) is 4.74. The summed E-state index contributed by atoms with van der Waals surface area (Å²) in [4.78, 5) is 11.8. The molecule has 0 saturated heterocycles. The van der Waals surface area contributed by atoms with Crippen LogP contribution in [0, 0.1) is 11.2 Å². The summed E-state index contributed by atoms with van der Waals surface area (Å²) >= 11 is 0. The largest absolute Gasteiger partial charge is 0.314 e. The number of halogens is 3. The molecule has 1 aromatic carbocycles. The van der Waals surface area contributed by atoms with Crippen LogP contribution < -0.4 is 0 Å². The van der Waals surface area contributed by atoms with Gasteiger partial charge in [-0.05, 0) is 29.8 Å². The summed E-state index contributed by atoms with van der Waals surface area (Å²) < 4.78 is 46.4. The third-order valence-corrected chi connectivity index (χ3v) is 4.74. The molecule has 0 fully saturated rings. The van der Waals surface area contributed by atoms with Gasteiger partial charge in [0.2, 0.25) is 0 Å². The second-order valence-electron chi connectivity index (χ2n) is 6.54. The van der Waals surface area contributed by atoms with Gasteiger partial charge >= 0.3 is 5.92 Å². The van der Waals surface area contributed by atoms with Gasteiger partial charge in [-0.2, -0.15) is 8.78 Å². The molecule has 4 aromatic rings. The molecule has 0 aliphatic carbocycles. The number of fused-ring (bicyclic) bond motifs is 2. The normalized spacial score (nSPS) is 13.4. The van der Waals surface area contributed by atoms with E-state index in [1.54, 1.807) is 18.3 Å². The van der Waals surface area contributed by atoms with E-state index in [0.717, 1.165) is 16.8 Å².